The number of hydrogen-bond donors (Lipinski definition) is 2. The number of aromatic nitrogens is 1. The highest BCUT2D eigenvalue weighted by molar-refractivity contribution is 7.73. The van der Waals surface area contributed by atoms with Crippen molar-refractivity contribution in [3.63, 3.8) is 0 Å². The summed E-state index contributed by atoms with van der Waals surface area (Å²) in [6.45, 7) is 0. The van der Waals surface area contributed by atoms with E-state index in [0.717, 1.165) is 5.69 Å². The molecule has 6 nitrogen and oxygen atoms in total. The molecule has 0 saturated heterocycles. The van der Waals surface area contributed by atoms with Crippen LogP contribution in [0, 0.1) is 9.36 Å². The Bertz CT molecular complexity index is 803. The summed E-state index contributed by atoms with van der Waals surface area (Å²) in [7, 11) is 0. The lowest BCUT2D eigenvalue weighted by atomic mass is 10.3. The van der Waals surface area contributed by atoms with Gasteiger partial charge in [0.1, 0.15) is 4.88 Å². The Labute approximate surface area is 123 Å². The van der Waals surface area contributed by atoms with Gasteiger partial charge >= 0.3 is 0 Å². The minimum atomic E-state index is -0.767. The molecule has 0 fully saturated rings. The van der Waals surface area contributed by atoms with Crippen molar-refractivity contribution in [2.45, 2.75) is 0 Å². The van der Waals surface area contributed by atoms with Crippen molar-refractivity contribution < 1.29 is 4.79 Å². The van der Waals surface area contributed by atoms with Crippen molar-refractivity contribution in [3.8, 4) is 5.69 Å². The number of amidine groups is 2. The van der Waals surface area contributed by atoms with Crippen LogP contribution in [0.25, 0.3) is 5.69 Å². The van der Waals surface area contributed by atoms with Crippen molar-refractivity contribution in [1.82, 2.24) is 9.88 Å². The van der Waals surface area contributed by atoms with Crippen LogP contribution in [-0.4, -0.2) is 22.1 Å². The molecule has 1 aliphatic rings. The summed E-state index contributed by atoms with van der Waals surface area (Å²) in [5.41, 5.74) is 6.01. The number of nitrogens with zero attached hydrogens (tertiary/aromatic N) is 3. The topological polar surface area (TPSA) is 98.3 Å². The van der Waals surface area contributed by atoms with E-state index in [1.807, 2.05) is 30.3 Å². The van der Waals surface area contributed by atoms with Gasteiger partial charge in [0.25, 0.3) is 5.91 Å². The van der Waals surface area contributed by atoms with E-state index in [9.17, 15) is 4.79 Å². The largest absolute Gasteiger partial charge is 0.363 e. The van der Waals surface area contributed by atoms with Gasteiger partial charge in [0.05, 0.1) is 0 Å². The predicted molar refractivity (Wildman–Crippen MR) is 79.7 cm³/mol. The van der Waals surface area contributed by atoms with E-state index >= 15 is 0 Å². The van der Waals surface area contributed by atoms with Crippen LogP contribution in [0.4, 0.5) is 5.82 Å². The van der Waals surface area contributed by atoms with Gasteiger partial charge in [0.15, 0.2) is 15.6 Å². The first-order valence-electron chi connectivity index (χ1n) is 5.58. The second-order valence-corrected chi connectivity index (χ2v) is 5.60. The standard InChI is InChI=1S/C12H8N5OS2/c13-8-7-11(16-10(15-8)9(14)18)17(12(19)20-7)6-4-2-1-3-5-6/h1-5,13H,(H2,14,18). The second kappa shape index (κ2) is 4.66. The number of nitrogens with two attached hydrogens (primary N) is 1. The third-order valence-electron chi connectivity index (χ3n) is 2.67. The molecule has 0 unspecified atom stereocenters. The number of aliphatic imine (C=N–C) groups is 1. The molecular weight excluding hydrogens is 294 g/mol. The normalized spacial score (nSPS) is 13.4. The SMILES string of the molecule is N=C1[N]C(C(N)=O)=Nc2c1sc(=S)n2-c1ccccc1. The molecule has 20 heavy (non-hydrogen) atoms. The van der Waals surface area contributed by atoms with Crippen molar-refractivity contribution >= 4 is 47.0 Å². The second-order valence-electron chi connectivity index (χ2n) is 3.95. The first kappa shape index (κ1) is 12.7. The molecule has 0 saturated carbocycles. The van der Waals surface area contributed by atoms with Gasteiger partial charge in [-0.1, -0.05) is 29.5 Å². The van der Waals surface area contributed by atoms with Gasteiger partial charge in [0.2, 0.25) is 5.84 Å². The number of carbonyl (C=O) groups is 1. The van der Waals surface area contributed by atoms with E-state index in [1.54, 1.807) is 4.57 Å². The van der Waals surface area contributed by atoms with Crippen LogP contribution in [0.5, 0.6) is 0 Å². The van der Waals surface area contributed by atoms with Crippen LogP contribution in [0.1, 0.15) is 4.88 Å². The molecule has 1 aromatic heterocycles. The van der Waals surface area contributed by atoms with Gasteiger partial charge in [-0.15, -0.1) is 0 Å². The van der Waals surface area contributed by atoms with Gasteiger partial charge in [-0.3, -0.25) is 14.8 Å². The quantitative estimate of drug-likeness (QED) is 0.826. The Kier molecular flexibility index (Phi) is 2.96. The average Bonchev–Trinajstić information content (AvgIpc) is 2.76. The molecule has 1 aliphatic heterocycles. The van der Waals surface area contributed by atoms with Gasteiger partial charge in [-0.25, -0.2) is 10.3 Å². The van der Waals surface area contributed by atoms with E-state index in [0.29, 0.717) is 14.6 Å². The van der Waals surface area contributed by atoms with E-state index in [4.69, 9.17) is 23.4 Å². The maximum atomic E-state index is 11.2. The summed E-state index contributed by atoms with van der Waals surface area (Å²) in [5, 5.41) is 11.6. The third-order valence-corrected chi connectivity index (χ3v) is 4.04. The van der Waals surface area contributed by atoms with Gasteiger partial charge in [0, 0.05) is 5.69 Å². The van der Waals surface area contributed by atoms with Crippen LogP contribution in [-0.2, 0) is 4.79 Å². The molecule has 1 radical (unpaired) electrons. The molecule has 99 valence electrons. The molecule has 3 rings (SSSR count). The van der Waals surface area contributed by atoms with Crippen LogP contribution in [0.3, 0.4) is 0 Å². The molecular formula is C12H8N5OS2. The summed E-state index contributed by atoms with van der Waals surface area (Å²) < 4.78 is 2.25. The molecule has 0 aliphatic carbocycles. The van der Waals surface area contributed by atoms with Crippen molar-refractivity contribution in [2.24, 2.45) is 10.7 Å². The van der Waals surface area contributed by atoms with Crippen LogP contribution < -0.4 is 11.1 Å². The summed E-state index contributed by atoms with van der Waals surface area (Å²) in [5.74, 6) is -0.563. The van der Waals surface area contributed by atoms with E-state index < -0.39 is 5.91 Å². The lowest BCUT2D eigenvalue weighted by Gasteiger charge is -2.12. The summed E-state index contributed by atoms with van der Waals surface area (Å²) in [6.07, 6.45) is 0. The first-order chi connectivity index (χ1) is 9.58. The maximum absolute atomic E-state index is 11.2. The molecule has 2 aromatic rings. The van der Waals surface area contributed by atoms with E-state index in [2.05, 4.69) is 10.3 Å². The third kappa shape index (κ3) is 1.95. The lowest BCUT2D eigenvalue weighted by molar-refractivity contribution is -0.112. The van der Waals surface area contributed by atoms with Crippen molar-refractivity contribution in [3.05, 3.63) is 39.2 Å². The maximum Gasteiger partial charge on any atom is 0.286 e. The Balaban J connectivity index is 2.28. The summed E-state index contributed by atoms with van der Waals surface area (Å²) in [4.78, 5) is 15.9. The van der Waals surface area contributed by atoms with Gasteiger partial charge < -0.3 is 5.73 Å². The molecule has 8 heteroatoms. The Hall–Kier alpha value is -2.32. The number of rotatable bonds is 2. The minimum Gasteiger partial charge on any atom is -0.363 e. The number of fused-ring (bicyclic) bond motifs is 1. The minimum absolute atomic E-state index is 0.0467. The number of nitrogens with one attached hydrogen (secondary N) is 1. The Morgan fingerprint density at radius 3 is 2.70 bits per heavy atom. The summed E-state index contributed by atoms with van der Waals surface area (Å²) >= 11 is 6.55. The molecule has 1 amide bonds. The zero-order chi connectivity index (χ0) is 14.3. The molecule has 0 atom stereocenters. The van der Waals surface area contributed by atoms with E-state index in [1.165, 1.54) is 11.3 Å². The Morgan fingerprint density at radius 1 is 1.35 bits per heavy atom. The van der Waals surface area contributed by atoms with Gasteiger partial charge in [-0.2, -0.15) is 0 Å². The van der Waals surface area contributed by atoms with Crippen molar-refractivity contribution in [1.29, 1.82) is 5.41 Å². The number of thiazole rings is 1. The number of benzene rings is 1. The highest BCUT2D eigenvalue weighted by Crippen LogP contribution is 2.33. The molecule has 1 aromatic carbocycles. The highest BCUT2D eigenvalue weighted by Gasteiger charge is 2.26. The smallest absolute Gasteiger partial charge is 0.286 e. The number of hydrogen-bond acceptors (Lipinski definition) is 5. The predicted octanol–water partition coefficient (Wildman–Crippen LogP) is 1.73. The van der Waals surface area contributed by atoms with E-state index in [-0.39, 0.29) is 11.7 Å². The lowest BCUT2D eigenvalue weighted by Crippen LogP contribution is -2.36. The molecule has 3 N–H and O–H groups in total. The fourth-order valence-electron chi connectivity index (χ4n) is 1.82. The van der Waals surface area contributed by atoms with Crippen molar-refractivity contribution in [2.75, 3.05) is 0 Å². The number of carbonyl (C=O) groups excluding carboxylic acids is 1. The first-order valence-corrected chi connectivity index (χ1v) is 6.81. The van der Waals surface area contributed by atoms with Crippen LogP contribution in [0.2, 0.25) is 0 Å². The van der Waals surface area contributed by atoms with Crippen LogP contribution in [0.15, 0.2) is 35.3 Å². The monoisotopic (exact) mass is 302 g/mol. The highest BCUT2D eigenvalue weighted by atomic mass is 32.1. The number of para-hydroxylation sites is 1. The average molecular weight is 302 g/mol. The zero-order valence-corrected chi connectivity index (χ0v) is 11.7. The molecule has 0 bridgehead atoms. The Morgan fingerprint density at radius 2 is 2.05 bits per heavy atom. The number of amides is 1. The van der Waals surface area contributed by atoms with Crippen LogP contribution >= 0.6 is 23.6 Å². The number of primary amides is 1. The summed E-state index contributed by atoms with van der Waals surface area (Å²) in [6, 6.07) is 9.38. The zero-order valence-electron chi connectivity index (χ0n) is 10.0. The fourth-order valence-corrected chi connectivity index (χ4v) is 3.09. The van der Waals surface area contributed by atoms with Gasteiger partial charge in [-0.05, 0) is 24.4 Å². The fraction of sp³-hybridized carbons (Fsp3) is 0. The molecule has 0 spiro atoms. The molecule has 2 heterocycles.